The van der Waals surface area contributed by atoms with Gasteiger partial charge in [-0.3, -0.25) is 0 Å². The third-order valence-electron chi connectivity index (χ3n) is 5.53. The molecule has 0 unspecified atom stereocenters. The van der Waals surface area contributed by atoms with Crippen molar-refractivity contribution < 1.29 is 14.6 Å². The zero-order valence-corrected chi connectivity index (χ0v) is 14.4. The highest BCUT2D eigenvalue weighted by molar-refractivity contribution is 5.79. The van der Waals surface area contributed by atoms with Gasteiger partial charge in [0, 0.05) is 18.4 Å². The largest absolute Gasteiger partial charge is 0.448 e. The SMILES string of the molecule is CC[C@H]1CN(C(=O)OCC2c3ccccc3-c3ccccc32)C[C@@H]1O. The van der Waals surface area contributed by atoms with E-state index in [1.807, 2.05) is 31.2 Å². The van der Waals surface area contributed by atoms with E-state index in [2.05, 4.69) is 24.3 Å². The van der Waals surface area contributed by atoms with Crippen LogP contribution < -0.4 is 0 Å². The molecule has 25 heavy (non-hydrogen) atoms. The van der Waals surface area contributed by atoms with E-state index in [0.717, 1.165) is 6.42 Å². The Labute approximate surface area is 148 Å². The third kappa shape index (κ3) is 2.81. The second-order valence-corrected chi connectivity index (χ2v) is 6.94. The van der Waals surface area contributed by atoms with Crippen LogP contribution in [0.3, 0.4) is 0 Å². The summed E-state index contributed by atoms with van der Waals surface area (Å²) in [6.07, 6.45) is 0.108. The summed E-state index contributed by atoms with van der Waals surface area (Å²) < 4.78 is 5.64. The van der Waals surface area contributed by atoms with E-state index in [4.69, 9.17) is 4.74 Å². The number of carbonyl (C=O) groups excluding carboxylic acids is 1. The van der Waals surface area contributed by atoms with E-state index in [1.165, 1.54) is 22.3 Å². The number of carbonyl (C=O) groups is 1. The first-order valence-corrected chi connectivity index (χ1v) is 8.97. The summed E-state index contributed by atoms with van der Waals surface area (Å²) in [7, 11) is 0. The summed E-state index contributed by atoms with van der Waals surface area (Å²) >= 11 is 0. The molecule has 130 valence electrons. The number of aliphatic hydroxyl groups is 1. The van der Waals surface area contributed by atoms with Crippen molar-refractivity contribution in [3.8, 4) is 11.1 Å². The molecule has 2 aromatic rings. The summed E-state index contributed by atoms with van der Waals surface area (Å²) in [5.74, 6) is 0.228. The van der Waals surface area contributed by atoms with Crippen LogP contribution in [0.2, 0.25) is 0 Å². The van der Waals surface area contributed by atoms with Gasteiger partial charge in [-0.25, -0.2) is 4.79 Å². The van der Waals surface area contributed by atoms with Crippen molar-refractivity contribution in [1.82, 2.24) is 4.90 Å². The van der Waals surface area contributed by atoms with E-state index < -0.39 is 6.10 Å². The molecule has 1 N–H and O–H groups in total. The number of β-amino-alcohol motifs (C(OH)–C–C–N with tert-alkyl or cyclic N) is 1. The first kappa shape index (κ1) is 16.2. The van der Waals surface area contributed by atoms with Crippen molar-refractivity contribution in [3.05, 3.63) is 59.7 Å². The molecule has 4 nitrogen and oxygen atoms in total. The predicted molar refractivity (Wildman–Crippen MR) is 96.4 cm³/mol. The normalized spacial score (nSPS) is 21.9. The Hall–Kier alpha value is -2.33. The number of ether oxygens (including phenoxy) is 1. The molecule has 0 bridgehead atoms. The molecule has 1 aliphatic carbocycles. The predicted octanol–water partition coefficient (Wildman–Crippen LogP) is 3.64. The molecule has 2 aliphatic rings. The number of amides is 1. The van der Waals surface area contributed by atoms with E-state index >= 15 is 0 Å². The number of aliphatic hydroxyl groups excluding tert-OH is 1. The lowest BCUT2D eigenvalue weighted by Gasteiger charge is -2.19. The van der Waals surface area contributed by atoms with Crippen LogP contribution in [0.1, 0.15) is 30.4 Å². The fourth-order valence-electron chi connectivity index (χ4n) is 4.09. The Bertz CT molecular complexity index is 743. The second-order valence-electron chi connectivity index (χ2n) is 6.94. The monoisotopic (exact) mass is 337 g/mol. The van der Waals surface area contributed by atoms with Gasteiger partial charge in [0.05, 0.1) is 12.6 Å². The molecular weight excluding hydrogens is 314 g/mol. The maximum absolute atomic E-state index is 12.4. The van der Waals surface area contributed by atoms with E-state index in [-0.39, 0.29) is 17.9 Å². The molecule has 0 spiro atoms. The van der Waals surface area contributed by atoms with E-state index in [0.29, 0.717) is 19.7 Å². The minimum Gasteiger partial charge on any atom is -0.448 e. The van der Waals surface area contributed by atoms with Gasteiger partial charge in [-0.1, -0.05) is 55.5 Å². The van der Waals surface area contributed by atoms with Gasteiger partial charge in [0.2, 0.25) is 0 Å². The number of benzene rings is 2. The van der Waals surface area contributed by atoms with Crippen LogP contribution in [0.4, 0.5) is 4.79 Å². The average Bonchev–Trinajstić information content (AvgIpc) is 3.18. The molecule has 2 atom stereocenters. The minimum atomic E-state index is -0.439. The Kier molecular flexibility index (Phi) is 4.22. The van der Waals surface area contributed by atoms with E-state index in [9.17, 15) is 9.90 Å². The molecule has 0 aromatic heterocycles. The first-order chi connectivity index (χ1) is 12.2. The number of likely N-dealkylation sites (tertiary alicyclic amines) is 1. The van der Waals surface area contributed by atoms with Crippen molar-refractivity contribution in [1.29, 1.82) is 0 Å². The van der Waals surface area contributed by atoms with Gasteiger partial charge in [-0.05, 0) is 28.7 Å². The fourth-order valence-corrected chi connectivity index (χ4v) is 4.09. The summed E-state index contributed by atoms with van der Waals surface area (Å²) in [5, 5.41) is 10.00. The number of hydrogen-bond donors (Lipinski definition) is 1. The second kappa shape index (κ2) is 6.52. The van der Waals surface area contributed by atoms with Crippen LogP contribution in [-0.4, -0.2) is 41.9 Å². The molecule has 2 aromatic carbocycles. The molecule has 1 aliphatic heterocycles. The number of hydrogen-bond acceptors (Lipinski definition) is 3. The average molecular weight is 337 g/mol. The molecule has 1 fully saturated rings. The number of rotatable bonds is 3. The molecule has 0 saturated carbocycles. The maximum Gasteiger partial charge on any atom is 0.409 e. The van der Waals surface area contributed by atoms with Crippen molar-refractivity contribution in [2.75, 3.05) is 19.7 Å². The number of fused-ring (bicyclic) bond motifs is 3. The van der Waals surface area contributed by atoms with Crippen LogP contribution in [0, 0.1) is 5.92 Å². The lowest BCUT2D eigenvalue weighted by atomic mass is 9.98. The highest BCUT2D eigenvalue weighted by Gasteiger charge is 2.35. The Morgan fingerprint density at radius 3 is 2.24 bits per heavy atom. The van der Waals surface area contributed by atoms with Crippen LogP contribution in [0.5, 0.6) is 0 Å². The Morgan fingerprint density at radius 2 is 1.68 bits per heavy atom. The van der Waals surface area contributed by atoms with Crippen LogP contribution in [0.25, 0.3) is 11.1 Å². The molecular formula is C21H23NO3. The highest BCUT2D eigenvalue weighted by atomic mass is 16.6. The molecule has 1 saturated heterocycles. The van der Waals surface area contributed by atoms with Gasteiger partial charge in [0.15, 0.2) is 0 Å². The van der Waals surface area contributed by atoms with Crippen molar-refractivity contribution in [2.24, 2.45) is 5.92 Å². The molecule has 1 amide bonds. The fraction of sp³-hybridized carbons (Fsp3) is 0.381. The molecule has 1 heterocycles. The third-order valence-corrected chi connectivity index (χ3v) is 5.53. The van der Waals surface area contributed by atoms with Crippen LogP contribution in [0.15, 0.2) is 48.5 Å². The standard InChI is InChI=1S/C21H23NO3/c1-2-14-11-22(12-20(14)23)21(24)25-13-19-17-9-5-3-7-15(17)16-8-4-6-10-18(16)19/h3-10,14,19-20,23H,2,11-13H2,1H3/t14-,20-/m0/s1. The zero-order valence-electron chi connectivity index (χ0n) is 14.4. The summed E-state index contributed by atoms with van der Waals surface area (Å²) in [4.78, 5) is 14.1. The number of nitrogens with zero attached hydrogens (tertiary/aromatic N) is 1. The molecule has 0 radical (unpaired) electrons. The van der Waals surface area contributed by atoms with Gasteiger partial charge in [0.1, 0.15) is 6.61 Å². The zero-order chi connectivity index (χ0) is 17.4. The van der Waals surface area contributed by atoms with Gasteiger partial charge in [0.25, 0.3) is 0 Å². The highest BCUT2D eigenvalue weighted by Crippen LogP contribution is 2.44. The molecule has 4 rings (SSSR count). The van der Waals surface area contributed by atoms with Crippen molar-refractivity contribution in [3.63, 3.8) is 0 Å². The van der Waals surface area contributed by atoms with Gasteiger partial charge < -0.3 is 14.7 Å². The maximum atomic E-state index is 12.4. The summed E-state index contributed by atoms with van der Waals surface area (Å²) in [6.45, 7) is 3.31. The van der Waals surface area contributed by atoms with E-state index in [1.54, 1.807) is 4.90 Å². The van der Waals surface area contributed by atoms with Gasteiger partial charge >= 0.3 is 6.09 Å². The minimum absolute atomic E-state index is 0.0749. The molecule has 4 heteroatoms. The Balaban J connectivity index is 1.49. The van der Waals surface area contributed by atoms with Crippen LogP contribution in [-0.2, 0) is 4.74 Å². The van der Waals surface area contributed by atoms with Crippen LogP contribution >= 0.6 is 0 Å². The van der Waals surface area contributed by atoms with Crippen molar-refractivity contribution in [2.45, 2.75) is 25.4 Å². The lowest BCUT2D eigenvalue weighted by Crippen LogP contribution is -2.31. The summed E-state index contributed by atoms with van der Waals surface area (Å²) in [6, 6.07) is 16.6. The van der Waals surface area contributed by atoms with Crippen molar-refractivity contribution >= 4 is 6.09 Å². The first-order valence-electron chi connectivity index (χ1n) is 8.97. The van der Waals surface area contributed by atoms with Gasteiger partial charge in [-0.15, -0.1) is 0 Å². The Morgan fingerprint density at radius 1 is 1.08 bits per heavy atom. The smallest absolute Gasteiger partial charge is 0.409 e. The summed E-state index contributed by atoms with van der Waals surface area (Å²) in [5.41, 5.74) is 4.87. The quantitative estimate of drug-likeness (QED) is 0.930. The van der Waals surface area contributed by atoms with Gasteiger partial charge in [-0.2, -0.15) is 0 Å². The topological polar surface area (TPSA) is 49.8 Å². The lowest BCUT2D eigenvalue weighted by molar-refractivity contribution is 0.0998.